The first-order valence-corrected chi connectivity index (χ1v) is 19.0. The maximum absolute atomic E-state index is 11.6. The van der Waals surface area contributed by atoms with Crippen molar-refractivity contribution in [2.45, 2.75) is 77.7 Å². The van der Waals surface area contributed by atoms with Crippen LogP contribution < -0.4 is 5.32 Å². The van der Waals surface area contributed by atoms with Gasteiger partial charge in [0.2, 0.25) is 0 Å². The highest BCUT2D eigenvalue weighted by atomic mass is 16.6. The van der Waals surface area contributed by atoms with Gasteiger partial charge in [-0.3, -0.25) is 0 Å². The fraction of sp³-hybridized carbons (Fsp3) is 0.816. The first-order valence-electron chi connectivity index (χ1n) is 19.0. The molecule has 0 saturated heterocycles. The molecule has 0 aromatic heterocycles. The molecule has 0 aliphatic carbocycles. The largest absolute Gasteiger partial charge is 0.445 e. The zero-order chi connectivity index (χ0) is 35.7. The number of rotatable bonds is 40. The molecule has 0 saturated carbocycles. The molecule has 0 unspecified atom stereocenters. The molecular formula is C38H69NO11. The van der Waals surface area contributed by atoms with E-state index in [4.69, 9.17) is 47.4 Å². The Hall–Kier alpha value is -1.87. The Morgan fingerprint density at radius 3 is 1.18 bits per heavy atom. The van der Waals surface area contributed by atoms with Gasteiger partial charge in [0, 0.05) is 13.2 Å². The Morgan fingerprint density at radius 2 is 0.780 bits per heavy atom. The summed E-state index contributed by atoms with van der Waals surface area (Å²) >= 11 is 0. The number of benzene rings is 1. The Balaban J connectivity index is 1.63. The maximum Gasteiger partial charge on any atom is 0.407 e. The van der Waals surface area contributed by atoms with E-state index in [2.05, 4.69) is 12.2 Å². The topological polar surface area (TPSA) is 121 Å². The quantitative estimate of drug-likeness (QED) is 0.0808. The third kappa shape index (κ3) is 35.9. The monoisotopic (exact) mass is 715 g/mol. The normalized spacial score (nSPS) is 11.3. The van der Waals surface area contributed by atoms with E-state index in [0.29, 0.717) is 119 Å². The molecule has 1 aromatic rings. The lowest BCUT2D eigenvalue weighted by Gasteiger charge is -2.09. The Bertz CT molecular complexity index is 806. The van der Waals surface area contributed by atoms with E-state index in [1.807, 2.05) is 30.3 Å². The van der Waals surface area contributed by atoms with Crippen molar-refractivity contribution in [1.82, 2.24) is 5.32 Å². The van der Waals surface area contributed by atoms with Crippen LogP contribution >= 0.6 is 0 Å². The molecule has 292 valence electrons. The third-order valence-electron chi connectivity index (χ3n) is 7.35. The summed E-state index contributed by atoms with van der Waals surface area (Å²) in [5.74, 6) is 0. The van der Waals surface area contributed by atoms with Crippen LogP contribution in [-0.4, -0.2) is 132 Å². The van der Waals surface area contributed by atoms with E-state index in [0.717, 1.165) is 18.6 Å². The molecule has 0 aliphatic heterocycles. The summed E-state index contributed by atoms with van der Waals surface area (Å²) in [4.78, 5) is 11.6. The number of hydrogen-bond donors (Lipinski definition) is 1. The SMILES string of the molecule is CCCCCCCCCCCCOCCOCCOCCOCCOCCOCCOCCOCCOCCNC(=O)OCc1ccccc1. The zero-order valence-electron chi connectivity index (χ0n) is 31.1. The molecule has 1 amide bonds. The van der Waals surface area contributed by atoms with Gasteiger partial charge in [-0.2, -0.15) is 0 Å². The summed E-state index contributed by atoms with van der Waals surface area (Å²) in [6, 6.07) is 9.53. The smallest absolute Gasteiger partial charge is 0.407 e. The molecule has 0 radical (unpaired) electrons. The van der Waals surface area contributed by atoms with Crippen LogP contribution in [0, 0.1) is 0 Å². The number of unbranched alkanes of at least 4 members (excludes halogenated alkanes) is 9. The molecule has 50 heavy (non-hydrogen) atoms. The van der Waals surface area contributed by atoms with Gasteiger partial charge in [0.25, 0.3) is 0 Å². The van der Waals surface area contributed by atoms with Gasteiger partial charge in [-0.1, -0.05) is 95.0 Å². The fourth-order valence-corrected chi connectivity index (χ4v) is 4.55. The van der Waals surface area contributed by atoms with Crippen molar-refractivity contribution in [2.24, 2.45) is 0 Å². The summed E-state index contributed by atoms with van der Waals surface area (Å²) in [6.45, 7) is 12.4. The average Bonchev–Trinajstić information content (AvgIpc) is 3.14. The van der Waals surface area contributed by atoms with E-state index >= 15 is 0 Å². The van der Waals surface area contributed by atoms with Crippen LogP contribution in [0.2, 0.25) is 0 Å². The number of carbonyl (C=O) groups excluding carboxylic acids is 1. The molecule has 12 heteroatoms. The second-order valence-corrected chi connectivity index (χ2v) is 11.7. The minimum Gasteiger partial charge on any atom is -0.445 e. The van der Waals surface area contributed by atoms with Crippen molar-refractivity contribution in [2.75, 3.05) is 125 Å². The molecule has 1 N–H and O–H groups in total. The number of amides is 1. The lowest BCUT2D eigenvalue weighted by Crippen LogP contribution is -2.28. The molecular weight excluding hydrogens is 646 g/mol. The lowest BCUT2D eigenvalue weighted by atomic mass is 10.1. The summed E-state index contributed by atoms with van der Waals surface area (Å²) < 4.78 is 54.7. The highest BCUT2D eigenvalue weighted by Gasteiger charge is 2.02. The Kier molecular flexibility index (Phi) is 36.8. The van der Waals surface area contributed by atoms with E-state index < -0.39 is 6.09 Å². The minimum atomic E-state index is -0.464. The van der Waals surface area contributed by atoms with Crippen LogP contribution in [0.15, 0.2) is 30.3 Å². The predicted octanol–water partition coefficient (Wildman–Crippen LogP) is 5.98. The molecule has 1 rings (SSSR count). The molecule has 0 atom stereocenters. The van der Waals surface area contributed by atoms with Crippen LogP contribution in [0.3, 0.4) is 0 Å². The van der Waals surface area contributed by atoms with Crippen LogP contribution in [0.5, 0.6) is 0 Å². The second kappa shape index (κ2) is 39.9. The summed E-state index contributed by atoms with van der Waals surface area (Å²) in [7, 11) is 0. The van der Waals surface area contributed by atoms with Crippen molar-refractivity contribution in [3.05, 3.63) is 35.9 Å². The zero-order valence-corrected chi connectivity index (χ0v) is 31.1. The first kappa shape index (κ1) is 46.2. The van der Waals surface area contributed by atoms with Gasteiger partial charge in [0.05, 0.1) is 112 Å². The van der Waals surface area contributed by atoms with Crippen LogP contribution in [0.1, 0.15) is 76.7 Å². The highest BCUT2D eigenvalue weighted by molar-refractivity contribution is 5.67. The summed E-state index contributed by atoms with van der Waals surface area (Å²) in [6.07, 6.45) is 12.9. The maximum atomic E-state index is 11.6. The molecule has 0 heterocycles. The van der Waals surface area contributed by atoms with Gasteiger partial charge in [-0.15, -0.1) is 0 Å². The lowest BCUT2D eigenvalue weighted by molar-refractivity contribution is -0.0249. The molecule has 0 spiro atoms. The minimum absolute atomic E-state index is 0.242. The van der Waals surface area contributed by atoms with E-state index in [9.17, 15) is 4.79 Å². The van der Waals surface area contributed by atoms with Crippen molar-refractivity contribution in [1.29, 1.82) is 0 Å². The first-order chi connectivity index (χ1) is 24.8. The van der Waals surface area contributed by atoms with E-state index in [1.165, 1.54) is 57.8 Å². The fourth-order valence-electron chi connectivity index (χ4n) is 4.55. The summed E-state index contributed by atoms with van der Waals surface area (Å²) in [5.41, 5.74) is 0.942. The Labute approximate surface area is 302 Å². The van der Waals surface area contributed by atoms with Gasteiger partial charge >= 0.3 is 6.09 Å². The van der Waals surface area contributed by atoms with Crippen LogP contribution in [-0.2, 0) is 54.0 Å². The van der Waals surface area contributed by atoms with Crippen molar-refractivity contribution < 1.29 is 52.2 Å². The van der Waals surface area contributed by atoms with E-state index in [1.54, 1.807) is 0 Å². The van der Waals surface area contributed by atoms with Gasteiger partial charge < -0.3 is 52.7 Å². The number of hydrogen-bond acceptors (Lipinski definition) is 11. The van der Waals surface area contributed by atoms with Crippen molar-refractivity contribution in [3.8, 4) is 0 Å². The second-order valence-electron chi connectivity index (χ2n) is 11.7. The molecule has 0 fully saturated rings. The molecule has 0 aliphatic rings. The summed E-state index contributed by atoms with van der Waals surface area (Å²) in [5, 5.41) is 2.65. The number of alkyl carbamates (subject to hydrolysis) is 1. The Morgan fingerprint density at radius 1 is 0.440 bits per heavy atom. The van der Waals surface area contributed by atoms with Crippen LogP contribution in [0.25, 0.3) is 0 Å². The molecule has 1 aromatic carbocycles. The average molecular weight is 716 g/mol. The van der Waals surface area contributed by atoms with Gasteiger partial charge in [0.1, 0.15) is 6.61 Å². The number of ether oxygens (including phenoxy) is 10. The number of carbonyl (C=O) groups is 1. The third-order valence-corrected chi connectivity index (χ3v) is 7.35. The van der Waals surface area contributed by atoms with Crippen LogP contribution in [0.4, 0.5) is 4.79 Å². The highest BCUT2D eigenvalue weighted by Crippen LogP contribution is 2.10. The molecule has 12 nitrogen and oxygen atoms in total. The van der Waals surface area contributed by atoms with Crippen molar-refractivity contribution in [3.63, 3.8) is 0 Å². The predicted molar refractivity (Wildman–Crippen MR) is 194 cm³/mol. The van der Waals surface area contributed by atoms with Crippen molar-refractivity contribution >= 4 is 6.09 Å². The number of nitrogens with one attached hydrogen (secondary N) is 1. The molecule has 0 bridgehead atoms. The van der Waals surface area contributed by atoms with E-state index in [-0.39, 0.29) is 6.61 Å². The van der Waals surface area contributed by atoms with Gasteiger partial charge in [0.15, 0.2) is 0 Å². The van der Waals surface area contributed by atoms with Gasteiger partial charge in [-0.05, 0) is 12.0 Å². The van der Waals surface area contributed by atoms with Gasteiger partial charge in [-0.25, -0.2) is 4.79 Å². The standard InChI is InChI=1S/C38H69NO11/c1-2-3-4-5-6-7-8-9-10-14-18-41-20-22-43-24-26-45-28-30-47-32-34-49-35-33-48-31-29-46-27-25-44-23-21-42-19-17-39-38(40)50-36-37-15-12-11-13-16-37/h11-13,15-16H,2-10,14,17-36H2,1H3,(H,39,40).